The highest BCUT2D eigenvalue weighted by Gasteiger charge is 2.42. The topological polar surface area (TPSA) is 154 Å². The third-order valence-electron chi connectivity index (χ3n) is 2.69. The van der Waals surface area contributed by atoms with E-state index in [0.29, 0.717) is 0 Å². The van der Waals surface area contributed by atoms with E-state index < -0.39 is 42.1 Å². The highest BCUT2D eigenvalue weighted by atomic mass is 16.4. The summed E-state index contributed by atoms with van der Waals surface area (Å²) in [6.45, 7) is 1.25. The molecule has 0 aromatic carbocycles. The van der Waals surface area contributed by atoms with Gasteiger partial charge in [0, 0.05) is 13.5 Å². The van der Waals surface area contributed by atoms with Crippen molar-refractivity contribution >= 4 is 17.9 Å². The van der Waals surface area contributed by atoms with Crippen LogP contribution in [0.4, 0.5) is 4.79 Å². The molecule has 1 fully saturated rings. The number of urea groups is 1. The van der Waals surface area contributed by atoms with E-state index in [2.05, 4.69) is 16.0 Å². The Kier molecular flexibility index (Phi) is 4.45. The number of carboxylic acid groups (broad SMARTS) is 1. The summed E-state index contributed by atoms with van der Waals surface area (Å²) in [5.74, 6) is -2.60. The van der Waals surface area contributed by atoms with E-state index >= 15 is 0 Å². The maximum atomic E-state index is 11.0. The van der Waals surface area contributed by atoms with E-state index in [0.717, 1.165) is 0 Å². The molecule has 1 aliphatic rings. The second kappa shape index (κ2) is 5.65. The average molecular weight is 260 g/mol. The van der Waals surface area contributed by atoms with Crippen LogP contribution in [0.15, 0.2) is 0 Å². The van der Waals surface area contributed by atoms with Crippen LogP contribution < -0.4 is 21.7 Å². The Morgan fingerprint density at radius 1 is 1.33 bits per heavy atom. The van der Waals surface area contributed by atoms with Gasteiger partial charge < -0.3 is 26.6 Å². The number of primary amides is 1. The van der Waals surface area contributed by atoms with Crippen LogP contribution in [0, 0.1) is 5.92 Å². The van der Waals surface area contributed by atoms with Crippen molar-refractivity contribution in [2.75, 3.05) is 6.54 Å². The summed E-state index contributed by atoms with van der Waals surface area (Å²) in [6.07, 6.45) is -2.13. The molecule has 18 heavy (non-hydrogen) atoms. The molecule has 0 bridgehead atoms. The maximum absolute atomic E-state index is 11.0. The van der Waals surface area contributed by atoms with E-state index in [9.17, 15) is 19.5 Å². The lowest BCUT2D eigenvalue weighted by Gasteiger charge is -2.39. The predicted octanol–water partition coefficient (Wildman–Crippen LogP) is -2.85. The van der Waals surface area contributed by atoms with Crippen LogP contribution in [0.3, 0.4) is 0 Å². The Morgan fingerprint density at radius 2 is 1.94 bits per heavy atom. The first-order valence-electron chi connectivity index (χ1n) is 5.30. The number of piperidine rings is 1. The van der Waals surface area contributed by atoms with Gasteiger partial charge in [0.25, 0.3) is 0 Å². The van der Waals surface area contributed by atoms with Crippen molar-refractivity contribution in [2.45, 2.75) is 25.2 Å². The van der Waals surface area contributed by atoms with Crippen molar-refractivity contribution in [3.63, 3.8) is 0 Å². The van der Waals surface area contributed by atoms with Crippen LogP contribution in [0.25, 0.3) is 0 Å². The fourth-order valence-electron chi connectivity index (χ4n) is 1.89. The van der Waals surface area contributed by atoms with Gasteiger partial charge in [0.2, 0.25) is 5.91 Å². The Hall–Kier alpha value is -1.87. The van der Waals surface area contributed by atoms with Crippen LogP contribution in [0.5, 0.6) is 0 Å². The molecular weight excluding hydrogens is 244 g/mol. The molecule has 3 amide bonds. The number of aliphatic hydroxyl groups excluding tert-OH is 1. The molecule has 0 aromatic rings. The van der Waals surface area contributed by atoms with Gasteiger partial charge in [-0.1, -0.05) is 0 Å². The Labute approximate surface area is 103 Å². The SMILES string of the molecule is CC(=O)N[C@@H]1NC[C@H](C(=O)O)[C@@H](NC(N)=O)[C@H]1O. The third kappa shape index (κ3) is 3.31. The number of hydrogen-bond acceptors (Lipinski definition) is 5. The molecule has 1 aliphatic heterocycles. The Bertz CT molecular complexity index is 361. The normalized spacial score (nSPS) is 31.4. The number of aliphatic carboxylic acids is 1. The predicted molar refractivity (Wildman–Crippen MR) is 59.2 cm³/mol. The summed E-state index contributed by atoms with van der Waals surface area (Å²) < 4.78 is 0. The first-order chi connectivity index (χ1) is 8.32. The number of amides is 3. The zero-order valence-corrected chi connectivity index (χ0v) is 9.71. The van der Waals surface area contributed by atoms with E-state index in [1.54, 1.807) is 0 Å². The van der Waals surface area contributed by atoms with Crippen molar-refractivity contribution in [1.29, 1.82) is 0 Å². The highest BCUT2D eigenvalue weighted by molar-refractivity contribution is 5.76. The number of carbonyl (C=O) groups excluding carboxylic acids is 2. The number of nitrogens with two attached hydrogens (primary N) is 1. The highest BCUT2D eigenvalue weighted by Crippen LogP contribution is 2.15. The number of rotatable bonds is 3. The van der Waals surface area contributed by atoms with E-state index in [1.165, 1.54) is 6.92 Å². The van der Waals surface area contributed by atoms with Gasteiger partial charge in [0.15, 0.2) is 0 Å². The quantitative estimate of drug-likeness (QED) is 0.321. The lowest BCUT2D eigenvalue weighted by Crippen LogP contribution is -2.69. The molecule has 4 atom stereocenters. The molecule has 0 saturated carbocycles. The molecule has 1 rings (SSSR count). The van der Waals surface area contributed by atoms with Crippen LogP contribution in [0.2, 0.25) is 0 Å². The lowest BCUT2D eigenvalue weighted by atomic mass is 9.89. The molecule has 1 saturated heterocycles. The zero-order valence-electron chi connectivity index (χ0n) is 9.71. The lowest BCUT2D eigenvalue weighted by molar-refractivity contribution is -0.145. The molecule has 9 nitrogen and oxygen atoms in total. The number of nitrogens with one attached hydrogen (secondary N) is 3. The molecule has 0 radical (unpaired) electrons. The van der Waals surface area contributed by atoms with Crippen molar-refractivity contribution in [3.05, 3.63) is 0 Å². The summed E-state index contributed by atoms with van der Waals surface area (Å²) in [6, 6.07) is -2.01. The zero-order chi connectivity index (χ0) is 13.9. The summed E-state index contributed by atoms with van der Waals surface area (Å²) in [5.41, 5.74) is 4.93. The minimum Gasteiger partial charge on any atom is -0.481 e. The van der Waals surface area contributed by atoms with Gasteiger partial charge in [-0.15, -0.1) is 0 Å². The molecule has 9 heteroatoms. The van der Waals surface area contributed by atoms with Gasteiger partial charge in [-0.3, -0.25) is 14.9 Å². The van der Waals surface area contributed by atoms with Gasteiger partial charge in [0.1, 0.15) is 12.3 Å². The molecule has 0 spiro atoms. The fourth-order valence-corrected chi connectivity index (χ4v) is 1.89. The minimum absolute atomic E-state index is 0.0116. The van der Waals surface area contributed by atoms with Gasteiger partial charge in [0.05, 0.1) is 12.0 Å². The van der Waals surface area contributed by atoms with Crippen LogP contribution in [-0.4, -0.2) is 53.0 Å². The molecule has 7 N–H and O–H groups in total. The van der Waals surface area contributed by atoms with Gasteiger partial charge in [-0.25, -0.2) is 4.79 Å². The van der Waals surface area contributed by atoms with Crippen molar-refractivity contribution in [2.24, 2.45) is 11.7 Å². The molecule has 102 valence electrons. The van der Waals surface area contributed by atoms with E-state index in [1.807, 2.05) is 0 Å². The van der Waals surface area contributed by atoms with E-state index in [4.69, 9.17) is 10.8 Å². The molecular formula is C9H16N4O5. The standard InChI is InChI=1S/C9H16N4O5/c1-3(14)12-7-6(15)5(13-9(10)18)4(2-11-7)8(16)17/h4-7,11,15H,2H2,1H3,(H,12,14)(H,16,17)(H3,10,13,18)/t4-,5+,6+,7-/m0/s1. The molecule has 1 heterocycles. The van der Waals surface area contributed by atoms with Crippen LogP contribution in [-0.2, 0) is 9.59 Å². The largest absolute Gasteiger partial charge is 0.481 e. The summed E-state index contributed by atoms with van der Waals surface area (Å²) in [4.78, 5) is 32.7. The number of hydrogen-bond donors (Lipinski definition) is 6. The van der Waals surface area contributed by atoms with Crippen molar-refractivity contribution in [1.82, 2.24) is 16.0 Å². The second-order valence-electron chi connectivity index (χ2n) is 4.06. The maximum Gasteiger partial charge on any atom is 0.312 e. The number of carboxylic acids is 1. The van der Waals surface area contributed by atoms with Crippen LogP contribution >= 0.6 is 0 Å². The van der Waals surface area contributed by atoms with Gasteiger partial charge in [-0.05, 0) is 0 Å². The second-order valence-corrected chi connectivity index (χ2v) is 4.06. The van der Waals surface area contributed by atoms with E-state index in [-0.39, 0.29) is 6.54 Å². The van der Waals surface area contributed by atoms with Gasteiger partial charge in [-0.2, -0.15) is 0 Å². The molecule has 0 aliphatic carbocycles. The number of carbonyl (C=O) groups is 3. The fraction of sp³-hybridized carbons (Fsp3) is 0.667. The first kappa shape index (κ1) is 14.2. The van der Waals surface area contributed by atoms with Crippen LogP contribution in [0.1, 0.15) is 6.92 Å². The smallest absolute Gasteiger partial charge is 0.312 e. The summed E-state index contributed by atoms with van der Waals surface area (Å²) in [7, 11) is 0. The monoisotopic (exact) mass is 260 g/mol. The molecule has 0 unspecified atom stereocenters. The van der Waals surface area contributed by atoms with Gasteiger partial charge >= 0.3 is 12.0 Å². The summed E-state index contributed by atoms with van der Waals surface area (Å²) in [5, 5.41) is 26.2. The third-order valence-corrected chi connectivity index (χ3v) is 2.69. The Balaban J connectivity index is 2.83. The molecule has 0 aromatic heterocycles. The number of aliphatic hydroxyl groups is 1. The van der Waals surface area contributed by atoms with Crippen molar-refractivity contribution < 1.29 is 24.6 Å². The van der Waals surface area contributed by atoms with Crippen molar-refractivity contribution in [3.8, 4) is 0 Å². The Morgan fingerprint density at radius 3 is 2.39 bits per heavy atom. The first-order valence-corrected chi connectivity index (χ1v) is 5.30. The summed E-state index contributed by atoms with van der Waals surface area (Å²) >= 11 is 0. The minimum atomic E-state index is -1.30. The average Bonchev–Trinajstić information content (AvgIpc) is 2.22.